The largest absolute Gasteiger partial charge is 0.325 e. The Morgan fingerprint density at radius 3 is 2.75 bits per heavy atom. The molecule has 5 heteroatoms. The van der Waals surface area contributed by atoms with Gasteiger partial charge in [0, 0.05) is 6.42 Å². The topological polar surface area (TPSA) is 63.2 Å². The predicted molar refractivity (Wildman–Crippen MR) is 79.3 cm³/mol. The molecule has 0 aromatic heterocycles. The Morgan fingerprint density at radius 2 is 2.10 bits per heavy atom. The first-order valence-electron chi connectivity index (χ1n) is 6.81. The Kier molecular flexibility index (Phi) is 4.60. The number of hydrogen-bond donors (Lipinski definition) is 1. The molecule has 0 heterocycles. The van der Waals surface area contributed by atoms with Crippen molar-refractivity contribution in [2.24, 2.45) is 5.92 Å². The van der Waals surface area contributed by atoms with Crippen LogP contribution in [0.5, 0.6) is 0 Å². The fourth-order valence-electron chi connectivity index (χ4n) is 2.30. The van der Waals surface area contributed by atoms with Gasteiger partial charge in [0.1, 0.15) is 0 Å². The van der Waals surface area contributed by atoms with Crippen molar-refractivity contribution >= 4 is 21.4 Å². The number of rotatable bonds is 5. The minimum absolute atomic E-state index is 0.0191. The van der Waals surface area contributed by atoms with E-state index in [1.54, 1.807) is 25.1 Å². The van der Waals surface area contributed by atoms with Gasteiger partial charge in [0.25, 0.3) is 0 Å². The monoisotopic (exact) mass is 293 g/mol. The third-order valence-corrected chi connectivity index (χ3v) is 5.22. The number of carbonyl (C=O) groups is 1. The molecule has 0 fully saturated rings. The second-order valence-electron chi connectivity index (χ2n) is 4.92. The summed E-state index contributed by atoms with van der Waals surface area (Å²) in [6.45, 7) is 1.59. The molecule has 1 atom stereocenters. The van der Waals surface area contributed by atoms with Crippen LogP contribution in [-0.4, -0.2) is 20.1 Å². The van der Waals surface area contributed by atoms with Crippen molar-refractivity contribution in [2.75, 3.05) is 11.1 Å². The third kappa shape index (κ3) is 3.48. The molecule has 1 N–H and O–H groups in total. The van der Waals surface area contributed by atoms with Gasteiger partial charge in [-0.25, -0.2) is 8.42 Å². The Hall–Kier alpha value is -1.62. The molecule has 20 heavy (non-hydrogen) atoms. The number of benzene rings is 1. The molecule has 0 bridgehead atoms. The van der Waals surface area contributed by atoms with Crippen molar-refractivity contribution in [2.45, 2.75) is 31.1 Å². The molecular weight excluding hydrogens is 274 g/mol. The molecule has 0 aliphatic heterocycles. The molecule has 2 rings (SSSR count). The molecule has 1 aliphatic rings. The molecular formula is C15H19NO3S. The fourth-order valence-corrected chi connectivity index (χ4v) is 3.35. The number of nitrogens with one attached hydrogen (secondary N) is 1. The third-order valence-electron chi connectivity index (χ3n) is 3.44. The van der Waals surface area contributed by atoms with Crippen LogP contribution >= 0.6 is 0 Å². The van der Waals surface area contributed by atoms with Crippen molar-refractivity contribution < 1.29 is 13.2 Å². The second-order valence-corrected chi connectivity index (χ2v) is 7.16. The van der Waals surface area contributed by atoms with Crippen molar-refractivity contribution in [3.05, 3.63) is 36.4 Å². The summed E-state index contributed by atoms with van der Waals surface area (Å²) >= 11 is 0. The average molecular weight is 293 g/mol. The van der Waals surface area contributed by atoms with E-state index >= 15 is 0 Å². The van der Waals surface area contributed by atoms with Crippen LogP contribution in [0.1, 0.15) is 26.2 Å². The first-order valence-corrected chi connectivity index (χ1v) is 8.46. The number of anilines is 1. The highest BCUT2D eigenvalue weighted by molar-refractivity contribution is 7.91. The van der Waals surface area contributed by atoms with Crippen molar-refractivity contribution in [1.82, 2.24) is 0 Å². The zero-order valence-electron chi connectivity index (χ0n) is 11.5. The zero-order valence-corrected chi connectivity index (χ0v) is 12.3. The quantitative estimate of drug-likeness (QED) is 0.849. The Balaban J connectivity index is 2.13. The summed E-state index contributed by atoms with van der Waals surface area (Å²) in [5.74, 6) is 0.149. The second kappa shape index (κ2) is 6.22. The summed E-state index contributed by atoms with van der Waals surface area (Å²) in [6, 6.07) is 6.55. The number of para-hydroxylation sites is 1. The predicted octanol–water partition coefficient (Wildman–Crippen LogP) is 2.78. The molecule has 0 radical (unpaired) electrons. The first kappa shape index (κ1) is 14.8. The van der Waals surface area contributed by atoms with Crippen molar-refractivity contribution in [1.29, 1.82) is 0 Å². The van der Waals surface area contributed by atoms with Gasteiger partial charge in [0.15, 0.2) is 9.84 Å². The molecule has 1 aromatic rings. The maximum atomic E-state index is 12.0. The number of allylic oxidation sites excluding steroid dienone is 2. The van der Waals surface area contributed by atoms with Crippen LogP contribution in [0.3, 0.4) is 0 Å². The van der Waals surface area contributed by atoms with Gasteiger partial charge in [-0.15, -0.1) is 0 Å². The summed E-state index contributed by atoms with van der Waals surface area (Å²) in [5, 5.41) is 2.73. The molecule has 1 aliphatic carbocycles. The van der Waals surface area contributed by atoms with E-state index in [1.165, 1.54) is 6.07 Å². The van der Waals surface area contributed by atoms with Crippen LogP contribution in [0.15, 0.2) is 41.3 Å². The Labute approximate surface area is 119 Å². The highest BCUT2D eigenvalue weighted by Gasteiger charge is 2.19. The maximum absolute atomic E-state index is 12.0. The molecule has 0 saturated heterocycles. The lowest BCUT2D eigenvalue weighted by Crippen LogP contribution is -2.17. The van der Waals surface area contributed by atoms with Gasteiger partial charge in [-0.05, 0) is 30.9 Å². The molecule has 1 amide bonds. The number of amides is 1. The smallest absolute Gasteiger partial charge is 0.224 e. The molecule has 0 saturated carbocycles. The van der Waals surface area contributed by atoms with E-state index in [4.69, 9.17) is 0 Å². The van der Waals surface area contributed by atoms with Gasteiger partial charge in [0.05, 0.1) is 16.3 Å². The van der Waals surface area contributed by atoms with Gasteiger partial charge in [-0.3, -0.25) is 4.79 Å². The minimum Gasteiger partial charge on any atom is -0.325 e. The van der Waals surface area contributed by atoms with Crippen LogP contribution in [0.25, 0.3) is 0 Å². The summed E-state index contributed by atoms with van der Waals surface area (Å²) in [4.78, 5) is 12.2. The van der Waals surface area contributed by atoms with Gasteiger partial charge in [0.2, 0.25) is 5.91 Å². The van der Waals surface area contributed by atoms with E-state index < -0.39 is 9.84 Å². The van der Waals surface area contributed by atoms with Gasteiger partial charge >= 0.3 is 0 Å². The summed E-state index contributed by atoms with van der Waals surface area (Å²) in [5.41, 5.74) is 0.376. The standard InChI is InChI=1S/C15H19NO3S/c1-2-20(18,19)14-10-6-5-9-13(14)16-15(17)11-12-7-3-4-8-12/h3,5-7,9-10,12H,2,4,8,11H2,1H3,(H,16,17). The van der Waals surface area contributed by atoms with Crippen molar-refractivity contribution in [3.63, 3.8) is 0 Å². The number of sulfone groups is 1. The highest BCUT2D eigenvalue weighted by atomic mass is 32.2. The Bertz CT molecular complexity index is 620. The summed E-state index contributed by atoms with van der Waals surface area (Å²) in [6.07, 6.45) is 6.53. The zero-order chi connectivity index (χ0) is 14.6. The lowest BCUT2D eigenvalue weighted by molar-refractivity contribution is -0.116. The van der Waals surface area contributed by atoms with E-state index in [-0.39, 0.29) is 22.5 Å². The minimum atomic E-state index is -3.33. The molecule has 108 valence electrons. The molecule has 4 nitrogen and oxygen atoms in total. The van der Waals surface area contributed by atoms with Crippen LogP contribution in [0.4, 0.5) is 5.69 Å². The number of hydrogen-bond acceptors (Lipinski definition) is 3. The van der Waals surface area contributed by atoms with E-state index in [1.807, 2.05) is 6.08 Å². The van der Waals surface area contributed by atoms with Crippen LogP contribution in [-0.2, 0) is 14.6 Å². The normalized spacial score (nSPS) is 18.1. The molecule has 1 unspecified atom stereocenters. The Morgan fingerprint density at radius 1 is 1.35 bits per heavy atom. The van der Waals surface area contributed by atoms with E-state index in [0.717, 1.165) is 12.8 Å². The van der Waals surface area contributed by atoms with E-state index in [0.29, 0.717) is 12.1 Å². The summed E-state index contributed by atoms with van der Waals surface area (Å²) in [7, 11) is -3.33. The van der Waals surface area contributed by atoms with Gasteiger partial charge in [-0.2, -0.15) is 0 Å². The first-order chi connectivity index (χ1) is 9.53. The number of carbonyl (C=O) groups excluding carboxylic acids is 1. The fraction of sp³-hybridized carbons (Fsp3) is 0.400. The SMILES string of the molecule is CCS(=O)(=O)c1ccccc1NC(=O)CC1C=CCC1. The summed E-state index contributed by atoms with van der Waals surface area (Å²) < 4.78 is 24.0. The lowest BCUT2D eigenvalue weighted by Gasteiger charge is -2.12. The molecule has 0 spiro atoms. The highest BCUT2D eigenvalue weighted by Crippen LogP contribution is 2.24. The van der Waals surface area contributed by atoms with Crippen molar-refractivity contribution in [3.8, 4) is 0 Å². The van der Waals surface area contributed by atoms with Gasteiger partial charge < -0.3 is 5.32 Å². The molecule has 1 aromatic carbocycles. The van der Waals surface area contributed by atoms with Crippen LogP contribution < -0.4 is 5.32 Å². The van der Waals surface area contributed by atoms with Gasteiger partial charge in [-0.1, -0.05) is 31.2 Å². The van der Waals surface area contributed by atoms with Crippen LogP contribution in [0.2, 0.25) is 0 Å². The van der Waals surface area contributed by atoms with Crippen LogP contribution in [0, 0.1) is 5.92 Å². The van der Waals surface area contributed by atoms with E-state index in [9.17, 15) is 13.2 Å². The average Bonchev–Trinajstić information content (AvgIpc) is 2.92. The lowest BCUT2D eigenvalue weighted by atomic mass is 10.1. The van der Waals surface area contributed by atoms with E-state index in [2.05, 4.69) is 11.4 Å². The maximum Gasteiger partial charge on any atom is 0.224 e.